The van der Waals surface area contributed by atoms with Gasteiger partial charge in [-0.1, -0.05) is 29.8 Å². The highest BCUT2D eigenvalue weighted by Gasteiger charge is 2.34. The number of amides is 2. The Labute approximate surface area is 169 Å². The fourth-order valence-electron chi connectivity index (χ4n) is 3.02. The molecule has 29 heavy (non-hydrogen) atoms. The highest BCUT2D eigenvalue weighted by molar-refractivity contribution is 6.36. The van der Waals surface area contributed by atoms with Crippen molar-refractivity contribution in [1.82, 2.24) is 4.90 Å². The number of fused-ring (bicyclic) bond motifs is 1. The summed E-state index contributed by atoms with van der Waals surface area (Å²) in [6.45, 7) is 4.15. The van der Waals surface area contributed by atoms with Crippen LogP contribution in [0.4, 0.5) is 5.69 Å². The Hall–Kier alpha value is -3.48. The van der Waals surface area contributed by atoms with Gasteiger partial charge in [0, 0.05) is 13.0 Å². The molecular formula is C22H23N3O4. The summed E-state index contributed by atoms with van der Waals surface area (Å²) < 4.78 is 5.07. The Balaban J connectivity index is 1.64. The minimum atomic E-state index is -0.519. The molecule has 150 valence electrons. The SMILES string of the molecule is CCOC(=O)/C(CCCN1C(=O)c2ccccc2C1=O)=N\Nc1ccc(C)cc1. The number of hydrogen-bond donors (Lipinski definition) is 1. The molecule has 0 aromatic heterocycles. The van der Waals surface area contributed by atoms with E-state index in [0.717, 1.165) is 11.3 Å². The Kier molecular flexibility index (Phi) is 6.39. The predicted molar refractivity (Wildman–Crippen MR) is 110 cm³/mol. The second kappa shape index (κ2) is 9.14. The summed E-state index contributed by atoms with van der Waals surface area (Å²) >= 11 is 0. The van der Waals surface area contributed by atoms with Crippen molar-refractivity contribution in [2.45, 2.75) is 26.7 Å². The van der Waals surface area contributed by atoms with E-state index in [0.29, 0.717) is 17.5 Å². The second-order valence-electron chi connectivity index (χ2n) is 6.67. The van der Waals surface area contributed by atoms with Crippen LogP contribution in [0.1, 0.15) is 46.0 Å². The van der Waals surface area contributed by atoms with Crippen molar-refractivity contribution in [2.75, 3.05) is 18.6 Å². The molecule has 1 N–H and O–H groups in total. The largest absolute Gasteiger partial charge is 0.461 e. The maximum Gasteiger partial charge on any atom is 0.354 e. The van der Waals surface area contributed by atoms with Gasteiger partial charge in [-0.05, 0) is 44.5 Å². The minimum absolute atomic E-state index is 0.204. The Bertz CT molecular complexity index is 916. The Morgan fingerprint density at radius 1 is 1.03 bits per heavy atom. The number of imide groups is 1. The summed E-state index contributed by atoms with van der Waals surface area (Å²) in [6, 6.07) is 14.3. The van der Waals surface area contributed by atoms with E-state index in [1.165, 1.54) is 4.90 Å². The predicted octanol–water partition coefficient (Wildman–Crippen LogP) is 3.40. The Morgan fingerprint density at radius 3 is 2.24 bits per heavy atom. The number of nitrogens with one attached hydrogen (secondary N) is 1. The lowest BCUT2D eigenvalue weighted by molar-refractivity contribution is -0.135. The molecule has 1 aliphatic heterocycles. The topological polar surface area (TPSA) is 88.1 Å². The molecule has 0 fully saturated rings. The number of hydrazone groups is 1. The average Bonchev–Trinajstić information content (AvgIpc) is 2.97. The molecule has 0 aliphatic carbocycles. The number of nitrogens with zero attached hydrogens (tertiary/aromatic N) is 2. The molecule has 0 radical (unpaired) electrons. The molecule has 3 rings (SSSR count). The minimum Gasteiger partial charge on any atom is -0.461 e. The first-order valence-electron chi connectivity index (χ1n) is 9.53. The number of rotatable bonds is 8. The van der Waals surface area contributed by atoms with Crippen LogP contribution in [-0.2, 0) is 9.53 Å². The van der Waals surface area contributed by atoms with Crippen LogP contribution < -0.4 is 5.43 Å². The van der Waals surface area contributed by atoms with Crippen molar-refractivity contribution < 1.29 is 19.1 Å². The first-order valence-corrected chi connectivity index (χ1v) is 9.53. The van der Waals surface area contributed by atoms with Crippen molar-refractivity contribution in [2.24, 2.45) is 5.10 Å². The van der Waals surface area contributed by atoms with Gasteiger partial charge in [0.15, 0.2) is 0 Å². The van der Waals surface area contributed by atoms with Gasteiger partial charge in [0.2, 0.25) is 0 Å². The molecule has 7 nitrogen and oxygen atoms in total. The van der Waals surface area contributed by atoms with Gasteiger partial charge in [0.1, 0.15) is 5.71 Å². The maximum atomic E-state index is 12.4. The zero-order chi connectivity index (χ0) is 20.8. The summed E-state index contributed by atoms with van der Waals surface area (Å²) in [7, 11) is 0. The Morgan fingerprint density at radius 2 is 1.66 bits per heavy atom. The summed E-state index contributed by atoms with van der Waals surface area (Å²) in [5.74, 6) is -1.13. The molecule has 2 aromatic carbocycles. The van der Waals surface area contributed by atoms with Crippen molar-refractivity contribution in [3.63, 3.8) is 0 Å². The average molecular weight is 393 g/mol. The lowest BCUT2D eigenvalue weighted by atomic mass is 10.1. The summed E-state index contributed by atoms with van der Waals surface area (Å²) in [6.07, 6.45) is 0.670. The molecule has 0 bridgehead atoms. The van der Waals surface area contributed by atoms with E-state index in [2.05, 4.69) is 10.5 Å². The van der Waals surface area contributed by atoms with Gasteiger partial charge >= 0.3 is 5.97 Å². The maximum absolute atomic E-state index is 12.4. The first-order chi connectivity index (χ1) is 14.0. The van der Waals surface area contributed by atoms with E-state index < -0.39 is 5.97 Å². The molecular weight excluding hydrogens is 370 g/mol. The van der Waals surface area contributed by atoms with Crippen molar-refractivity contribution in [1.29, 1.82) is 0 Å². The molecule has 0 unspecified atom stereocenters. The van der Waals surface area contributed by atoms with Gasteiger partial charge in [-0.15, -0.1) is 0 Å². The molecule has 0 saturated carbocycles. The van der Waals surface area contributed by atoms with E-state index in [4.69, 9.17) is 4.74 Å². The number of carbonyl (C=O) groups excluding carboxylic acids is 3. The van der Waals surface area contributed by atoms with E-state index in [1.807, 2.05) is 31.2 Å². The van der Waals surface area contributed by atoms with Crippen LogP contribution in [0, 0.1) is 6.92 Å². The van der Waals surface area contributed by atoms with Crippen LogP contribution in [0.15, 0.2) is 53.6 Å². The highest BCUT2D eigenvalue weighted by Crippen LogP contribution is 2.22. The lowest BCUT2D eigenvalue weighted by Gasteiger charge is -2.14. The zero-order valence-electron chi connectivity index (χ0n) is 16.5. The smallest absolute Gasteiger partial charge is 0.354 e. The van der Waals surface area contributed by atoms with Crippen LogP contribution in [0.5, 0.6) is 0 Å². The van der Waals surface area contributed by atoms with Gasteiger partial charge in [-0.3, -0.25) is 19.9 Å². The number of anilines is 1. The number of esters is 1. The summed E-state index contributed by atoms with van der Waals surface area (Å²) in [5.41, 5.74) is 5.77. The van der Waals surface area contributed by atoms with E-state index in [-0.39, 0.29) is 37.1 Å². The number of carbonyl (C=O) groups is 3. The molecule has 0 atom stereocenters. The number of benzene rings is 2. The standard InChI is InChI=1S/C22H23N3O4/c1-3-29-22(28)19(24-23-16-12-10-15(2)11-13-16)9-6-14-25-20(26)17-7-4-5-8-18(17)21(25)27/h4-5,7-8,10-13,23H,3,6,9,14H2,1-2H3/b24-19-. The monoisotopic (exact) mass is 393 g/mol. The zero-order valence-corrected chi connectivity index (χ0v) is 16.5. The quantitative estimate of drug-likeness (QED) is 0.321. The second-order valence-corrected chi connectivity index (χ2v) is 6.67. The van der Waals surface area contributed by atoms with E-state index in [9.17, 15) is 14.4 Å². The summed E-state index contributed by atoms with van der Waals surface area (Å²) in [5, 5.41) is 4.19. The molecule has 1 aliphatic rings. The normalized spacial score (nSPS) is 13.4. The third-order valence-corrected chi connectivity index (χ3v) is 4.56. The third kappa shape index (κ3) is 4.68. The van der Waals surface area contributed by atoms with Gasteiger partial charge in [0.25, 0.3) is 11.8 Å². The van der Waals surface area contributed by atoms with Crippen LogP contribution >= 0.6 is 0 Å². The fraction of sp³-hybridized carbons (Fsp3) is 0.273. The van der Waals surface area contributed by atoms with Crippen LogP contribution in [-0.4, -0.2) is 41.5 Å². The molecule has 0 saturated heterocycles. The highest BCUT2D eigenvalue weighted by atomic mass is 16.5. The fourth-order valence-corrected chi connectivity index (χ4v) is 3.02. The van der Waals surface area contributed by atoms with Gasteiger partial charge < -0.3 is 4.74 Å². The van der Waals surface area contributed by atoms with Crippen LogP contribution in [0.2, 0.25) is 0 Å². The van der Waals surface area contributed by atoms with Crippen molar-refractivity contribution in [3.8, 4) is 0 Å². The molecule has 7 heteroatoms. The molecule has 0 spiro atoms. The van der Waals surface area contributed by atoms with Gasteiger partial charge in [-0.2, -0.15) is 5.10 Å². The van der Waals surface area contributed by atoms with Gasteiger partial charge in [0.05, 0.1) is 23.4 Å². The molecule has 2 amide bonds. The van der Waals surface area contributed by atoms with E-state index in [1.54, 1.807) is 31.2 Å². The molecule has 2 aromatic rings. The first kappa shape index (κ1) is 20.3. The third-order valence-electron chi connectivity index (χ3n) is 4.56. The van der Waals surface area contributed by atoms with E-state index >= 15 is 0 Å². The summed E-state index contributed by atoms with van der Waals surface area (Å²) in [4.78, 5) is 38.3. The van der Waals surface area contributed by atoms with Crippen LogP contribution in [0.25, 0.3) is 0 Å². The lowest BCUT2D eigenvalue weighted by Crippen LogP contribution is -2.31. The molecule has 1 heterocycles. The van der Waals surface area contributed by atoms with Gasteiger partial charge in [-0.25, -0.2) is 4.79 Å². The van der Waals surface area contributed by atoms with Crippen molar-refractivity contribution in [3.05, 3.63) is 65.2 Å². The number of ether oxygens (including phenoxy) is 1. The number of hydrogen-bond acceptors (Lipinski definition) is 6. The number of aryl methyl sites for hydroxylation is 1. The van der Waals surface area contributed by atoms with Crippen molar-refractivity contribution >= 4 is 29.2 Å². The van der Waals surface area contributed by atoms with Crippen LogP contribution in [0.3, 0.4) is 0 Å².